The van der Waals surface area contributed by atoms with Gasteiger partial charge in [0, 0.05) is 23.0 Å². The summed E-state index contributed by atoms with van der Waals surface area (Å²) in [6.07, 6.45) is 1.28. The average molecular weight is 318 g/mol. The fourth-order valence-electron chi connectivity index (χ4n) is 2.55. The molecule has 1 fully saturated rings. The highest BCUT2D eigenvalue weighted by Crippen LogP contribution is 2.26. The quantitative estimate of drug-likeness (QED) is 0.877. The molecule has 5 nitrogen and oxygen atoms in total. The van der Waals surface area contributed by atoms with E-state index in [1.165, 1.54) is 0 Å². The second-order valence-electron chi connectivity index (χ2n) is 5.59. The maximum Gasteiger partial charge on any atom is 0.410 e. The first-order valence-corrected chi connectivity index (χ1v) is 7.67. The van der Waals surface area contributed by atoms with Gasteiger partial charge in [-0.15, -0.1) is 0 Å². The molecule has 0 aliphatic carbocycles. The van der Waals surface area contributed by atoms with E-state index in [1.54, 1.807) is 11.1 Å². The number of hydrogen-bond acceptors (Lipinski definition) is 4. The molecule has 0 radical (unpaired) electrons. The molecule has 2 heterocycles. The third kappa shape index (κ3) is 2.78. The molecule has 1 N–H and O–H groups in total. The number of carbonyl (C=O) groups excluding carboxylic acids is 1. The summed E-state index contributed by atoms with van der Waals surface area (Å²) in [5.74, 6) is 0.747. The molecule has 3 rings (SSSR count). The number of cyclic esters (lactones) is 1. The van der Waals surface area contributed by atoms with Crippen molar-refractivity contribution in [3.8, 4) is 5.75 Å². The molecular formula is C16H18N2O3S. The van der Waals surface area contributed by atoms with E-state index in [0.29, 0.717) is 17.8 Å². The van der Waals surface area contributed by atoms with Crippen molar-refractivity contribution in [2.24, 2.45) is 0 Å². The number of carbonyl (C=O) groups is 1. The summed E-state index contributed by atoms with van der Waals surface area (Å²) in [7, 11) is 0. The second kappa shape index (κ2) is 5.96. The smallest absolute Gasteiger partial charge is 0.410 e. The predicted octanol–water partition coefficient (Wildman–Crippen LogP) is 3.51. The Morgan fingerprint density at radius 3 is 2.95 bits per heavy atom. The lowest BCUT2D eigenvalue weighted by molar-refractivity contribution is 0.102. The van der Waals surface area contributed by atoms with Gasteiger partial charge in [0.15, 0.2) is 6.10 Å². The van der Waals surface area contributed by atoms with E-state index in [1.807, 2.05) is 38.1 Å². The molecule has 1 aromatic carbocycles. The van der Waals surface area contributed by atoms with Crippen molar-refractivity contribution in [3.05, 3.63) is 35.1 Å². The van der Waals surface area contributed by atoms with Crippen molar-refractivity contribution in [1.29, 1.82) is 0 Å². The topological polar surface area (TPSA) is 54.6 Å². The number of hydrogen-bond donors (Lipinski definition) is 1. The van der Waals surface area contributed by atoms with E-state index in [2.05, 4.69) is 4.98 Å². The van der Waals surface area contributed by atoms with Crippen molar-refractivity contribution < 1.29 is 14.3 Å². The number of aromatic amines is 1. The Kier molecular flexibility index (Phi) is 4.02. The van der Waals surface area contributed by atoms with Gasteiger partial charge in [0.1, 0.15) is 17.0 Å². The van der Waals surface area contributed by atoms with E-state index in [0.717, 1.165) is 16.5 Å². The van der Waals surface area contributed by atoms with Crippen LogP contribution in [0.3, 0.4) is 0 Å². The van der Waals surface area contributed by atoms with Crippen LogP contribution in [0, 0.1) is 4.64 Å². The molecule has 2 aromatic rings. The molecule has 1 aromatic heterocycles. The third-order valence-corrected chi connectivity index (χ3v) is 4.06. The van der Waals surface area contributed by atoms with Crippen LogP contribution in [0.5, 0.6) is 5.75 Å². The van der Waals surface area contributed by atoms with Crippen LogP contribution in [-0.2, 0) is 4.74 Å². The van der Waals surface area contributed by atoms with Crippen LogP contribution in [0.15, 0.2) is 30.5 Å². The zero-order valence-electron chi connectivity index (χ0n) is 12.5. The number of pyridine rings is 1. The summed E-state index contributed by atoms with van der Waals surface area (Å²) in [5, 5.41) is 1.90. The zero-order valence-corrected chi connectivity index (χ0v) is 13.4. The summed E-state index contributed by atoms with van der Waals surface area (Å²) in [4.78, 5) is 16.4. The van der Waals surface area contributed by atoms with Crippen molar-refractivity contribution in [2.45, 2.75) is 26.0 Å². The summed E-state index contributed by atoms with van der Waals surface area (Å²) in [6, 6.07) is 7.82. The predicted molar refractivity (Wildman–Crippen MR) is 86.7 cm³/mol. The van der Waals surface area contributed by atoms with Crippen LogP contribution < -0.4 is 4.74 Å². The fraction of sp³-hybridized carbons (Fsp3) is 0.375. The maximum absolute atomic E-state index is 11.7. The van der Waals surface area contributed by atoms with Crippen molar-refractivity contribution in [3.63, 3.8) is 0 Å². The highest BCUT2D eigenvalue weighted by molar-refractivity contribution is 7.71. The molecule has 1 atom stereocenters. The first kappa shape index (κ1) is 14.8. The lowest BCUT2D eigenvalue weighted by atomic mass is 10.1. The highest BCUT2D eigenvalue weighted by atomic mass is 32.1. The molecule has 1 unspecified atom stereocenters. The van der Waals surface area contributed by atoms with Gasteiger partial charge in [-0.1, -0.05) is 24.4 Å². The van der Waals surface area contributed by atoms with E-state index in [-0.39, 0.29) is 18.2 Å². The Balaban J connectivity index is 1.74. The van der Waals surface area contributed by atoms with Crippen LogP contribution in [0.2, 0.25) is 0 Å². The summed E-state index contributed by atoms with van der Waals surface area (Å²) in [5.41, 5.74) is 0. The van der Waals surface area contributed by atoms with Gasteiger partial charge in [0.25, 0.3) is 0 Å². The molecule has 1 amide bonds. The van der Waals surface area contributed by atoms with Crippen LogP contribution >= 0.6 is 12.2 Å². The SMILES string of the molecule is CC(C)N1CC(COc2cccc3c(=S)[nH]ccc23)OC1=O. The Labute approximate surface area is 133 Å². The number of aromatic nitrogens is 1. The standard InChI is InChI=1S/C16H18N2O3S/c1-10(2)18-8-11(21-16(18)19)9-20-14-5-3-4-13-12(14)6-7-17-15(13)22/h3-7,10-11H,8-9H2,1-2H3,(H,17,22). The minimum Gasteiger partial charge on any atom is -0.489 e. The molecule has 1 aliphatic rings. The molecule has 116 valence electrons. The summed E-state index contributed by atoms with van der Waals surface area (Å²) < 4.78 is 11.9. The molecule has 1 saturated heterocycles. The number of benzene rings is 1. The fourth-order valence-corrected chi connectivity index (χ4v) is 2.80. The number of ether oxygens (including phenoxy) is 2. The van der Waals surface area contributed by atoms with Gasteiger partial charge < -0.3 is 19.4 Å². The Morgan fingerprint density at radius 1 is 1.41 bits per heavy atom. The third-order valence-electron chi connectivity index (χ3n) is 3.73. The van der Waals surface area contributed by atoms with Crippen LogP contribution in [0.1, 0.15) is 13.8 Å². The van der Waals surface area contributed by atoms with E-state index >= 15 is 0 Å². The van der Waals surface area contributed by atoms with Gasteiger partial charge >= 0.3 is 6.09 Å². The number of rotatable bonds is 4. The number of nitrogens with one attached hydrogen (secondary N) is 1. The van der Waals surface area contributed by atoms with Gasteiger partial charge in [-0.2, -0.15) is 0 Å². The van der Waals surface area contributed by atoms with Crippen LogP contribution in [0.4, 0.5) is 4.79 Å². The van der Waals surface area contributed by atoms with Gasteiger partial charge in [0.05, 0.1) is 6.54 Å². The molecular weight excluding hydrogens is 300 g/mol. The Hall–Kier alpha value is -2.08. The summed E-state index contributed by atoms with van der Waals surface area (Å²) in [6.45, 7) is 4.83. The van der Waals surface area contributed by atoms with E-state index < -0.39 is 0 Å². The monoisotopic (exact) mass is 318 g/mol. The highest BCUT2D eigenvalue weighted by Gasteiger charge is 2.33. The second-order valence-corrected chi connectivity index (χ2v) is 6.00. The number of H-pyrrole nitrogens is 1. The number of amides is 1. The molecule has 0 spiro atoms. The Morgan fingerprint density at radius 2 is 2.23 bits per heavy atom. The first-order chi connectivity index (χ1) is 10.6. The molecule has 1 aliphatic heterocycles. The maximum atomic E-state index is 11.7. The normalized spacial score (nSPS) is 18.0. The Bertz CT molecular complexity index is 756. The lowest BCUT2D eigenvalue weighted by Gasteiger charge is -2.17. The molecule has 22 heavy (non-hydrogen) atoms. The van der Waals surface area contributed by atoms with Gasteiger partial charge in [-0.25, -0.2) is 4.79 Å². The van der Waals surface area contributed by atoms with Crippen LogP contribution in [0.25, 0.3) is 10.8 Å². The van der Waals surface area contributed by atoms with Crippen LogP contribution in [-0.4, -0.2) is 41.3 Å². The summed E-state index contributed by atoms with van der Waals surface area (Å²) >= 11 is 5.28. The largest absolute Gasteiger partial charge is 0.489 e. The minimum atomic E-state index is -0.274. The van der Waals surface area contributed by atoms with Crippen molar-refractivity contribution in [2.75, 3.05) is 13.2 Å². The van der Waals surface area contributed by atoms with Crippen molar-refractivity contribution in [1.82, 2.24) is 9.88 Å². The first-order valence-electron chi connectivity index (χ1n) is 7.26. The minimum absolute atomic E-state index is 0.133. The zero-order chi connectivity index (χ0) is 15.7. The number of nitrogens with zero attached hydrogens (tertiary/aromatic N) is 1. The van der Waals surface area contributed by atoms with Crippen molar-refractivity contribution >= 4 is 29.1 Å². The van der Waals surface area contributed by atoms with Gasteiger partial charge in [-0.3, -0.25) is 0 Å². The van der Waals surface area contributed by atoms with E-state index in [9.17, 15) is 4.79 Å². The number of fused-ring (bicyclic) bond motifs is 1. The molecule has 6 heteroatoms. The van der Waals surface area contributed by atoms with E-state index in [4.69, 9.17) is 21.7 Å². The molecule has 0 bridgehead atoms. The lowest BCUT2D eigenvalue weighted by Crippen LogP contribution is -2.32. The molecule has 0 saturated carbocycles. The average Bonchev–Trinajstić information content (AvgIpc) is 2.87. The van der Waals surface area contributed by atoms with Gasteiger partial charge in [0.2, 0.25) is 0 Å². The van der Waals surface area contributed by atoms with Gasteiger partial charge in [-0.05, 0) is 26.0 Å².